The first-order valence-electron chi connectivity index (χ1n) is 9.37. The summed E-state index contributed by atoms with van der Waals surface area (Å²) >= 11 is 0. The summed E-state index contributed by atoms with van der Waals surface area (Å²) in [5.74, 6) is 0. The first-order chi connectivity index (χ1) is 12.7. The van der Waals surface area contributed by atoms with Crippen LogP contribution in [0.15, 0.2) is 18.3 Å². The number of hydrogen-bond acceptors (Lipinski definition) is 4. The molecule has 2 heterocycles. The third-order valence-electron chi connectivity index (χ3n) is 6.24. The van der Waals surface area contributed by atoms with Gasteiger partial charge in [0.05, 0.1) is 40.1 Å². The molecule has 1 saturated carbocycles. The minimum atomic E-state index is -4.55. The lowest BCUT2D eigenvalue weighted by molar-refractivity contribution is -0.136. The second-order valence-electron chi connectivity index (χ2n) is 9.24. The molecule has 28 heavy (non-hydrogen) atoms. The molecule has 1 saturated heterocycles. The summed E-state index contributed by atoms with van der Waals surface area (Å²) in [7, 11) is -0.886. The highest BCUT2D eigenvalue weighted by molar-refractivity contribution is 6.62. The maximum atomic E-state index is 13.9. The second kappa shape index (κ2) is 5.74. The summed E-state index contributed by atoms with van der Waals surface area (Å²) < 4.78 is 55.0. The van der Waals surface area contributed by atoms with Gasteiger partial charge >= 0.3 is 13.3 Å². The van der Waals surface area contributed by atoms with Crippen LogP contribution in [-0.2, 0) is 15.5 Å². The van der Waals surface area contributed by atoms with E-state index >= 15 is 0 Å². The van der Waals surface area contributed by atoms with Crippen LogP contribution in [0.1, 0.15) is 59.1 Å². The lowest BCUT2D eigenvalue weighted by atomic mass is 9.76. The van der Waals surface area contributed by atoms with Gasteiger partial charge in [-0.15, -0.1) is 0 Å². The normalized spacial score (nSPS) is 29.3. The number of aliphatic hydroxyl groups is 1. The molecule has 5 nitrogen and oxygen atoms in total. The summed E-state index contributed by atoms with van der Waals surface area (Å²) in [6, 6.07) is 2.49. The topological polar surface area (TPSA) is 56.5 Å². The third-order valence-corrected chi connectivity index (χ3v) is 6.24. The molecule has 2 aliphatic rings. The first-order valence-corrected chi connectivity index (χ1v) is 9.37. The summed E-state index contributed by atoms with van der Waals surface area (Å²) in [5.41, 5.74) is -2.56. The number of alkyl halides is 3. The van der Waals surface area contributed by atoms with Crippen molar-refractivity contribution in [2.75, 3.05) is 0 Å². The maximum absolute atomic E-state index is 13.9. The van der Waals surface area contributed by atoms with E-state index in [0.29, 0.717) is 23.7 Å². The molecule has 1 aliphatic heterocycles. The Hall–Kier alpha value is -1.58. The van der Waals surface area contributed by atoms with E-state index in [0.717, 1.165) is 6.07 Å². The van der Waals surface area contributed by atoms with Crippen LogP contribution in [0, 0.1) is 0 Å². The molecule has 1 aromatic heterocycles. The van der Waals surface area contributed by atoms with E-state index in [1.54, 1.807) is 13.0 Å². The van der Waals surface area contributed by atoms with E-state index < -0.39 is 35.7 Å². The number of aromatic nitrogens is 2. The number of rotatable bonds is 2. The SMILES string of the molecule is CC1(O)CC(n2ncc3cc(B4OC(C)(C)C(C)(C)O4)cc(C(F)(F)F)c32)C1. The molecule has 0 amide bonds. The second-order valence-corrected chi connectivity index (χ2v) is 9.24. The lowest BCUT2D eigenvalue weighted by Crippen LogP contribution is -2.42. The van der Waals surface area contributed by atoms with Gasteiger partial charge in [0, 0.05) is 5.39 Å². The van der Waals surface area contributed by atoms with Gasteiger partial charge in [-0.05, 0) is 59.0 Å². The number of hydrogen-bond donors (Lipinski definition) is 1. The number of halogens is 3. The Bertz CT molecular complexity index is 912. The highest BCUT2D eigenvalue weighted by atomic mass is 19.4. The van der Waals surface area contributed by atoms with Crippen LogP contribution in [-0.4, -0.2) is 38.8 Å². The average molecular weight is 396 g/mol. The smallest absolute Gasteiger partial charge is 0.399 e. The lowest BCUT2D eigenvalue weighted by Gasteiger charge is -2.41. The minimum Gasteiger partial charge on any atom is -0.399 e. The molecular formula is C19H24BF3N2O3. The first kappa shape index (κ1) is 19.7. The Balaban J connectivity index is 1.80. The predicted octanol–water partition coefficient (Wildman–Crippen LogP) is 3.44. The Morgan fingerprint density at radius 2 is 1.68 bits per heavy atom. The fraction of sp³-hybridized carbons (Fsp3) is 0.632. The number of fused-ring (bicyclic) bond motifs is 1. The Labute approximate surface area is 161 Å². The molecule has 0 spiro atoms. The molecule has 4 rings (SSSR count). The highest BCUT2D eigenvalue weighted by Crippen LogP contribution is 2.44. The van der Waals surface area contributed by atoms with Crippen molar-refractivity contribution >= 4 is 23.5 Å². The largest absolute Gasteiger partial charge is 0.494 e. The molecule has 0 unspecified atom stereocenters. The van der Waals surface area contributed by atoms with E-state index in [1.807, 2.05) is 27.7 Å². The molecule has 9 heteroatoms. The molecule has 1 N–H and O–H groups in total. The van der Waals surface area contributed by atoms with E-state index in [4.69, 9.17) is 9.31 Å². The molecule has 152 valence electrons. The van der Waals surface area contributed by atoms with Crippen LogP contribution in [0.5, 0.6) is 0 Å². The zero-order valence-corrected chi connectivity index (χ0v) is 16.6. The van der Waals surface area contributed by atoms with Crippen LogP contribution in [0.2, 0.25) is 0 Å². The van der Waals surface area contributed by atoms with Crippen molar-refractivity contribution in [1.82, 2.24) is 9.78 Å². The van der Waals surface area contributed by atoms with Crippen molar-refractivity contribution in [3.05, 3.63) is 23.9 Å². The van der Waals surface area contributed by atoms with Crippen molar-refractivity contribution < 1.29 is 27.6 Å². The van der Waals surface area contributed by atoms with E-state index in [2.05, 4.69) is 5.10 Å². The van der Waals surface area contributed by atoms with E-state index in [-0.39, 0.29) is 11.6 Å². The third kappa shape index (κ3) is 3.04. The van der Waals surface area contributed by atoms with Gasteiger partial charge in [-0.3, -0.25) is 4.68 Å². The molecule has 2 fully saturated rings. The van der Waals surface area contributed by atoms with Gasteiger partial charge < -0.3 is 14.4 Å². The summed E-state index contributed by atoms with van der Waals surface area (Å²) in [6.45, 7) is 9.11. The van der Waals surface area contributed by atoms with Crippen LogP contribution in [0.4, 0.5) is 13.2 Å². The Kier molecular flexibility index (Phi) is 4.04. The van der Waals surface area contributed by atoms with Crippen LogP contribution in [0.25, 0.3) is 10.9 Å². The molecule has 1 aliphatic carbocycles. The van der Waals surface area contributed by atoms with Gasteiger partial charge in [0.1, 0.15) is 0 Å². The van der Waals surface area contributed by atoms with E-state index in [9.17, 15) is 18.3 Å². The maximum Gasteiger partial charge on any atom is 0.494 e. The highest BCUT2D eigenvalue weighted by Gasteiger charge is 2.52. The summed E-state index contributed by atoms with van der Waals surface area (Å²) in [4.78, 5) is 0. The fourth-order valence-electron chi connectivity index (χ4n) is 3.95. The molecule has 0 atom stereocenters. The molecule has 1 aromatic carbocycles. The Morgan fingerprint density at radius 1 is 1.11 bits per heavy atom. The van der Waals surface area contributed by atoms with Crippen molar-refractivity contribution in [2.45, 2.75) is 76.5 Å². The van der Waals surface area contributed by atoms with Gasteiger partial charge in [0.15, 0.2) is 0 Å². The van der Waals surface area contributed by atoms with E-state index in [1.165, 1.54) is 10.9 Å². The standard InChI is InChI=1S/C19H24BF3N2O3/c1-16(2)17(3,4)28-20(27-16)12-6-11-10-24-25(13-8-18(5,26)9-13)15(11)14(7-12)19(21,22)23/h6-7,10,13,26H,8-9H2,1-5H3. The quantitative estimate of drug-likeness (QED) is 0.791. The summed E-state index contributed by atoms with van der Waals surface area (Å²) in [6.07, 6.45) is -2.37. The van der Waals surface area contributed by atoms with Crippen molar-refractivity contribution in [2.24, 2.45) is 0 Å². The van der Waals surface area contributed by atoms with Gasteiger partial charge in [0.2, 0.25) is 0 Å². The molecule has 2 aromatic rings. The number of nitrogens with zero attached hydrogens (tertiary/aromatic N) is 2. The molecule has 0 radical (unpaired) electrons. The van der Waals surface area contributed by atoms with Crippen molar-refractivity contribution in [1.29, 1.82) is 0 Å². The molecular weight excluding hydrogens is 372 g/mol. The molecule has 0 bridgehead atoms. The zero-order valence-electron chi connectivity index (χ0n) is 16.6. The predicted molar refractivity (Wildman–Crippen MR) is 99.3 cm³/mol. The van der Waals surface area contributed by atoms with Crippen LogP contribution in [0.3, 0.4) is 0 Å². The van der Waals surface area contributed by atoms with Crippen LogP contribution >= 0.6 is 0 Å². The van der Waals surface area contributed by atoms with Gasteiger partial charge in [0.25, 0.3) is 0 Å². The fourth-order valence-corrected chi connectivity index (χ4v) is 3.95. The van der Waals surface area contributed by atoms with Crippen molar-refractivity contribution in [3.8, 4) is 0 Å². The zero-order chi connectivity index (χ0) is 20.7. The van der Waals surface area contributed by atoms with Crippen LogP contribution < -0.4 is 5.46 Å². The monoisotopic (exact) mass is 396 g/mol. The summed E-state index contributed by atoms with van der Waals surface area (Å²) in [5, 5.41) is 14.6. The average Bonchev–Trinajstić information content (AvgIpc) is 3.01. The van der Waals surface area contributed by atoms with Gasteiger partial charge in [-0.25, -0.2) is 0 Å². The Morgan fingerprint density at radius 3 is 2.18 bits per heavy atom. The van der Waals surface area contributed by atoms with Gasteiger partial charge in [-0.2, -0.15) is 18.3 Å². The van der Waals surface area contributed by atoms with Crippen molar-refractivity contribution in [3.63, 3.8) is 0 Å². The minimum absolute atomic E-state index is 0.0354. The van der Waals surface area contributed by atoms with Gasteiger partial charge in [-0.1, -0.05) is 6.07 Å². The number of benzene rings is 1.